The molecule has 2 aliphatic heterocycles. The van der Waals surface area contributed by atoms with Crippen LogP contribution in [0.4, 0.5) is 0 Å². The number of hydrogen-bond acceptors (Lipinski definition) is 5. The Labute approximate surface area is 92.0 Å². The maximum Gasteiger partial charge on any atom is 0.153 e. The molecule has 15 heavy (non-hydrogen) atoms. The average Bonchev–Trinajstić information content (AvgIpc) is 2.67. The van der Waals surface area contributed by atoms with Crippen LogP contribution in [-0.4, -0.2) is 11.6 Å². The Morgan fingerprint density at radius 3 is 2.87 bits per heavy atom. The number of nitrogens with one attached hydrogen (secondary N) is 1. The molecule has 1 N–H and O–H groups in total. The molecule has 0 unspecified atom stereocenters. The molecule has 0 saturated heterocycles. The highest BCUT2D eigenvalue weighted by atomic mass is 32.2. The van der Waals surface area contributed by atoms with Crippen molar-refractivity contribution in [3.8, 4) is 12.1 Å². The molecule has 0 amide bonds. The molecule has 74 valence electrons. The topological polar surface area (TPSA) is 72.0 Å². The molecular formula is C10H8N4S. The Morgan fingerprint density at radius 2 is 2.20 bits per heavy atom. The molecule has 0 aromatic heterocycles. The number of thioether (sulfide) groups is 1. The smallest absolute Gasteiger partial charge is 0.153 e. The van der Waals surface area contributed by atoms with Gasteiger partial charge in [-0.25, -0.2) is 4.99 Å². The molecule has 5 heteroatoms. The standard InChI is InChI=1S/C10H8N4S/c1-6-13-9(7(4-11)5-12)8-2-3-15-10(8)14-6/h2-3H2,1H3,(H,13,14). The van der Waals surface area contributed by atoms with E-state index in [1.807, 2.05) is 19.1 Å². The molecule has 0 saturated carbocycles. The molecule has 0 atom stereocenters. The lowest BCUT2D eigenvalue weighted by molar-refractivity contribution is 0.998. The van der Waals surface area contributed by atoms with E-state index in [-0.39, 0.29) is 5.57 Å². The van der Waals surface area contributed by atoms with Crippen molar-refractivity contribution in [2.24, 2.45) is 4.99 Å². The van der Waals surface area contributed by atoms with Crippen LogP contribution in [0.5, 0.6) is 0 Å². The van der Waals surface area contributed by atoms with Crippen LogP contribution >= 0.6 is 11.8 Å². The molecule has 0 spiro atoms. The van der Waals surface area contributed by atoms with Crippen molar-refractivity contribution < 1.29 is 0 Å². The fourth-order valence-corrected chi connectivity index (χ4v) is 2.64. The summed E-state index contributed by atoms with van der Waals surface area (Å²) in [5.41, 5.74) is 1.79. The summed E-state index contributed by atoms with van der Waals surface area (Å²) < 4.78 is 0. The fourth-order valence-electron chi connectivity index (χ4n) is 1.56. The normalized spacial score (nSPS) is 18.6. The number of amidine groups is 1. The average molecular weight is 216 g/mol. The van der Waals surface area contributed by atoms with E-state index in [1.165, 1.54) is 0 Å². The van der Waals surface area contributed by atoms with Gasteiger partial charge in [-0.2, -0.15) is 10.5 Å². The maximum atomic E-state index is 8.84. The van der Waals surface area contributed by atoms with Gasteiger partial charge in [0.05, 0.1) is 5.70 Å². The Balaban J connectivity index is 2.55. The summed E-state index contributed by atoms with van der Waals surface area (Å²) in [6.45, 7) is 1.83. The second-order valence-corrected chi connectivity index (χ2v) is 4.26. The van der Waals surface area contributed by atoms with Crippen molar-refractivity contribution in [3.63, 3.8) is 0 Å². The van der Waals surface area contributed by atoms with Crippen LogP contribution in [0.3, 0.4) is 0 Å². The lowest BCUT2D eigenvalue weighted by atomic mass is 10.1. The number of nitrogens with zero attached hydrogens (tertiary/aromatic N) is 3. The van der Waals surface area contributed by atoms with Gasteiger partial charge in [0.1, 0.15) is 23.0 Å². The van der Waals surface area contributed by atoms with Crippen molar-refractivity contribution in [1.29, 1.82) is 10.5 Å². The van der Waals surface area contributed by atoms with Crippen LogP contribution in [0, 0.1) is 22.7 Å². The monoisotopic (exact) mass is 216 g/mol. The van der Waals surface area contributed by atoms with E-state index in [0.29, 0.717) is 5.70 Å². The first-order valence-corrected chi connectivity index (χ1v) is 5.48. The van der Waals surface area contributed by atoms with E-state index in [0.717, 1.165) is 28.6 Å². The molecule has 2 aliphatic rings. The van der Waals surface area contributed by atoms with Crippen LogP contribution in [0.15, 0.2) is 26.9 Å². The molecule has 0 fully saturated rings. The summed E-state index contributed by atoms with van der Waals surface area (Å²) in [6, 6.07) is 3.82. The van der Waals surface area contributed by atoms with E-state index in [9.17, 15) is 0 Å². The van der Waals surface area contributed by atoms with Crippen molar-refractivity contribution in [2.75, 3.05) is 5.75 Å². The van der Waals surface area contributed by atoms with Gasteiger partial charge in [0.15, 0.2) is 5.57 Å². The molecule has 0 aromatic rings. The van der Waals surface area contributed by atoms with Gasteiger partial charge in [0.2, 0.25) is 0 Å². The zero-order valence-electron chi connectivity index (χ0n) is 8.16. The largest absolute Gasteiger partial charge is 0.342 e. The Kier molecular flexibility index (Phi) is 2.49. The minimum Gasteiger partial charge on any atom is -0.342 e. The summed E-state index contributed by atoms with van der Waals surface area (Å²) in [4.78, 5) is 4.34. The van der Waals surface area contributed by atoms with Crippen molar-refractivity contribution >= 4 is 17.6 Å². The number of hydrogen-bond donors (Lipinski definition) is 1. The van der Waals surface area contributed by atoms with Gasteiger partial charge < -0.3 is 5.32 Å². The molecule has 0 radical (unpaired) electrons. The zero-order chi connectivity index (χ0) is 10.8. The van der Waals surface area contributed by atoms with Crippen molar-refractivity contribution in [2.45, 2.75) is 13.3 Å². The van der Waals surface area contributed by atoms with Gasteiger partial charge in [-0.3, -0.25) is 0 Å². The van der Waals surface area contributed by atoms with Gasteiger partial charge >= 0.3 is 0 Å². The van der Waals surface area contributed by atoms with E-state index in [4.69, 9.17) is 10.5 Å². The molecule has 0 aliphatic carbocycles. The number of aliphatic imine (C=N–C) groups is 1. The summed E-state index contributed by atoms with van der Waals surface area (Å²) in [6.07, 6.45) is 0.867. The Bertz CT molecular complexity index is 469. The van der Waals surface area contributed by atoms with Gasteiger partial charge in [-0.1, -0.05) is 0 Å². The minimum absolute atomic E-state index is 0.138. The van der Waals surface area contributed by atoms with E-state index in [1.54, 1.807) is 11.8 Å². The van der Waals surface area contributed by atoms with Crippen LogP contribution < -0.4 is 5.32 Å². The van der Waals surface area contributed by atoms with Gasteiger partial charge in [-0.05, 0) is 13.3 Å². The predicted molar refractivity (Wildman–Crippen MR) is 58.6 cm³/mol. The third-order valence-electron chi connectivity index (χ3n) is 2.20. The molecule has 0 aromatic carbocycles. The van der Waals surface area contributed by atoms with Crippen LogP contribution in [-0.2, 0) is 0 Å². The molecular weight excluding hydrogens is 208 g/mol. The summed E-state index contributed by atoms with van der Waals surface area (Å²) in [5, 5.41) is 21.6. The van der Waals surface area contributed by atoms with Gasteiger partial charge in [0.25, 0.3) is 0 Å². The first kappa shape index (κ1) is 9.82. The fraction of sp³-hybridized carbons (Fsp3) is 0.300. The lowest BCUT2D eigenvalue weighted by Crippen LogP contribution is -2.25. The Morgan fingerprint density at radius 1 is 1.47 bits per heavy atom. The second kappa shape index (κ2) is 3.80. The summed E-state index contributed by atoms with van der Waals surface area (Å²) in [7, 11) is 0. The maximum absolute atomic E-state index is 8.84. The molecule has 2 heterocycles. The van der Waals surface area contributed by atoms with Gasteiger partial charge in [0, 0.05) is 11.3 Å². The molecule has 4 nitrogen and oxygen atoms in total. The highest BCUT2D eigenvalue weighted by Crippen LogP contribution is 2.38. The second-order valence-electron chi connectivity index (χ2n) is 3.18. The summed E-state index contributed by atoms with van der Waals surface area (Å²) in [5.74, 6) is 1.71. The van der Waals surface area contributed by atoms with E-state index >= 15 is 0 Å². The third kappa shape index (κ3) is 1.62. The van der Waals surface area contributed by atoms with E-state index < -0.39 is 0 Å². The van der Waals surface area contributed by atoms with Crippen LogP contribution in [0.25, 0.3) is 0 Å². The highest BCUT2D eigenvalue weighted by molar-refractivity contribution is 8.03. The first-order valence-electron chi connectivity index (χ1n) is 4.49. The first-order chi connectivity index (χ1) is 7.26. The van der Waals surface area contributed by atoms with Gasteiger partial charge in [-0.15, -0.1) is 11.8 Å². The molecule has 0 bridgehead atoms. The molecule has 2 rings (SSSR count). The number of rotatable bonds is 0. The Hall–Kier alpha value is -1.72. The third-order valence-corrected chi connectivity index (χ3v) is 3.22. The number of allylic oxidation sites excluding steroid dienone is 2. The quantitative estimate of drug-likeness (QED) is 0.625. The minimum atomic E-state index is 0.138. The zero-order valence-corrected chi connectivity index (χ0v) is 8.98. The lowest BCUT2D eigenvalue weighted by Gasteiger charge is -2.17. The van der Waals surface area contributed by atoms with Crippen LogP contribution in [0.2, 0.25) is 0 Å². The van der Waals surface area contributed by atoms with E-state index in [2.05, 4.69) is 10.3 Å². The van der Waals surface area contributed by atoms with Crippen LogP contribution in [0.1, 0.15) is 13.3 Å². The highest BCUT2D eigenvalue weighted by Gasteiger charge is 2.25. The predicted octanol–water partition coefficient (Wildman–Crippen LogP) is 1.66. The van der Waals surface area contributed by atoms with Crippen molar-refractivity contribution in [3.05, 3.63) is 21.9 Å². The van der Waals surface area contributed by atoms with Crippen molar-refractivity contribution in [1.82, 2.24) is 5.32 Å². The summed E-state index contributed by atoms with van der Waals surface area (Å²) >= 11 is 1.67. The SMILES string of the molecule is CC1=NC2=C(CCS2)C(=C(C#N)C#N)N1. The number of nitriles is 2.